The molecule has 0 N–H and O–H groups in total. The molecule has 0 bridgehead atoms. The van der Waals surface area contributed by atoms with E-state index in [1.54, 1.807) is 31.2 Å². The Kier molecular flexibility index (Phi) is 4.83. The summed E-state index contributed by atoms with van der Waals surface area (Å²) < 4.78 is 60.7. The van der Waals surface area contributed by atoms with Crippen molar-refractivity contribution in [2.24, 2.45) is 0 Å². The fourth-order valence-electron chi connectivity index (χ4n) is 1.95. The summed E-state index contributed by atoms with van der Waals surface area (Å²) in [4.78, 5) is 1.57. The van der Waals surface area contributed by atoms with Gasteiger partial charge in [0.05, 0.1) is 11.5 Å². The minimum Gasteiger partial charge on any atom is -0.492 e. The zero-order chi connectivity index (χ0) is 18.0. The van der Waals surface area contributed by atoms with E-state index in [9.17, 15) is 17.6 Å². The zero-order valence-corrected chi connectivity index (χ0v) is 13.4. The lowest BCUT2D eigenvalue weighted by Crippen LogP contribution is -2.05. The highest BCUT2D eigenvalue weighted by atomic mass is 32.2. The van der Waals surface area contributed by atoms with Crippen molar-refractivity contribution in [2.45, 2.75) is 17.0 Å². The van der Waals surface area contributed by atoms with Crippen LogP contribution in [0.3, 0.4) is 0 Å². The number of ether oxygens (including phenoxy) is 1. The lowest BCUT2D eigenvalue weighted by atomic mass is 10.3. The van der Waals surface area contributed by atoms with Gasteiger partial charge in [0.1, 0.15) is 11.4 Å². The summed E-state index contributed by atoms with van der Waals surface area (Å²) in [5, 5.41) is 10.7. The number of benzene rings is 1. The van der Waals surface area contributed by atoms with Gasteiger partial charge >= 0.3 is 0 Å². The van der Waals surface area contributed by atoms with Gasteiger partial charge in [-0.25, -0.2) is 8.78 Å². The number of pyridine rings is 1. The van der Waals surface area contributed by atoms with Crippen molar-refractivity contribution in [2.75, 3.05) is 6.61 Å². The molecule has 0 fully saturated rings. The summed E-state index contributed by atoms with van der Waals surface area (Å²) in [6, 6.07) is 6.67. The van der Waals surface area contributed by atoms with Crippen molar-refractivity contribution < 1.29 is 22.3 Å². The number of tetrazole rings is 1. The highest BCUT2D eigenvalue weighted by Crippen LogP contribution is 2.34. The molecule has 0 aliphatic rings. The molecule has 3 aromatic rings. The summed E-state index contributed by atoms with van der Waals surface area (Å²) in [5.41, 5.74) is 0.396. The number of aromatic nitrogens is 5. The van der Waals surface area contributed by atoms with Crippen LogP contribution < -0.4 is 4.74 Å². The van der Waals surface area contributed by atoms with Crippen LogP contribution in [0, 0.1) is 23.5 Å². The van der Waals surface area contributed by atoms with Gasteiger partial charge in [-0.2, -0.15) is 18.4 Å². The van der Waals surface area contributed by atoms with Crippen LogP contribution in [-0.2, 0) is 0 Å². The van der Waals surface area contributed by atoms with Crippen molar-refractivity contribution in [1.82, 2.24) is 25.2 Å². The van der Waals surface area contributed by atoms with Gasteiger partial charge in [0.25, 0.3) is 11.9 Å². The van der Waals surface area contributed by atoms with Gasteiger partial charge in [0.15, 0.2) is 11.6 Å². The van der Waals surface area contributed by atoms with Crippen LogP contribution in [0.15, 0.2) is 34.3 Å². The Bertz CT molecular complexity index is 894. The molecule has 0 aliphatic heterocycles. The summed E-state index contributed by atoms with van der Waals surface area (Å²) in [5.74, 6) is -6.34. The molecule has 0 atom stereocenters. The van der Waals surface area contributed by atoms with E-state index in [0.29, 0.717) is 29.8 Å². The first-order valence-corrected chi connectivity index (χ1v) is 7.73. The number of hydrogen-bond donors (Lipinski definition) is 0. The largest absolute Gasteiger partial charge is 0.492 e. The standard InChI is InChI=1S/C14H9F4N5OS/c1-2-24-8-6-4-3-5-7(8)23-14(20-21-22-23)25-11-9(15)12(17)19-13(18)10(11)16/h3-6H,2H2,1H3. The molecule has 0 spiro atoms. The smallest absolute Gasteiger partial charge is 0.252 e. The molecule has 0 amide bonds. The van der Waals surface area contributed by atoms with E-state index >= 15 is 0 Å². The van der Waals surface area contributed by atoms with Crippen LogP contribution in [0.2, 0.25) is 0 Å². The Balaban J connectivity index is 2.05. The summed E-state index contributed by atoms with van der Waals surface area (Å²) >= 11 is 0.325. The fourth-order valence-corrected chi connectivity index (χ4v) is 2.78. The summed E-state index contributed by atoms with van der Waals surface area (Å²) in [7, 11) is 0. The molecule has 2 heterocycles. The Morgan fingerprint density at radius 1 is 1.08 bits per heavy atom. The lowest BCUT2D eigenvalue weighted by Gasteiger charge is -2.11. The number of nitrogens with zero attached hydrogens (tertiary/aromatic N) is 5. The molecule has 0 unspecified atom stereocenters. The van der Waals surface area contributed by atoms with Crippen LogP contribution in [0.5, 0.6) is 5.75 Å². The van der Waals surface area contributed by atoms with Crippen LogP contribution in [-0.4, -0.2) is 31.8 Å². The Hall–Kier alpha value is -2.69. The van der Waals surface area contributed by atoms with Gasteiger partial charge in [-0.05, 0) is 41.2 Å². The van der Waals surface area contributed by atoms with Gasteiger partial charge in [0.2, 0.25) is 5.16 Å². The third-order valence-corrected chi connectivity index (χ3v) is 3.98. The van der Waals surface area contributed by atoms with Crippen LogP contribution in [0.4, 0.5) is 17.6 Å². The zero-order valence-electron chi connectivity index (χ0n) is 12.6. The van der Waals surface area contributed by atoms with E-state index in [2.05, 4.69) is 20.5 Å². The normalized spacial score (nSPS) is 10.9. The Labute approximate surface area is 142 Å². The predicted octanol–water partition coefficient (Wildman–Crippen LogP) is 3.16. The Morgan fingerprint density at radius 3 is 2.44 bits per heavy atom. The van der Waals surface area contributed by atoms with Crippen LogP contribution in [0.1, 0.15) is 6.92 Å². The molecule has 1 aromatic carbocycles. The average molecular weight is 371 g/mol. The van der Waals surface area contributed by atoms with Crippen molar-refractivity contribution in [3.63, 3.8) is 0 Å². The minimum atomic E-state index is -1.75. The Morgan fingerprint density at radius 2 is 1.76 bits per heavy atom. The van der Waals surface area contributed by atoms with Gasteiger partial charge in [-0.15, -0.1) is 5.10 Å². The minimum absolute atomic E-state index is 0.116. The molecule has 0 saturated heterocycles. The number of hydrogen-bond acceptors (Lipinski definition) is 6. The second-order valence-corrected chi connectivity index (χ2v) is 5.50. The van der Waals surface area contributed by atoms with Crippen molar-refractivity contribution in [3.8, 4) is 11.4 Å². The molecule has 11 heteroatoms. The molecule has 0 saturated carbocycles. The SMILES string of the molecule is CCOc1ccccc1-n1nnnc1Sc1c(F)c(F)nc(F)c1F. The molecule has 2 aromatic heterocycles. The first-order chi connectivity index (χ1) is 12.0. The van der Waals surface area contributed by atoms with E-state index in [-0.39, 0.29) is 5.16 Å². The van der Waals surface area contributed by atoms with Crippen LogP contribution >= 0.6 is 11.8 Å². The van der Waals surface area contributed by atoms with E-state index in [1.807, 2.05) is 0 Å². The maximum atomic E-state index is 13.8. The summed E-state index contributed by atoms with van der Waals surface area (Å²) in [6.07, 6.45) is 0. The molecule has 25 heavy (non-hydrogen) atoms. The topological polar surface area (TPSA) is 65.7 Å². The van der Waals surface area contributed by atoms with Crippen molar-refractivity contribution in [3.05, 3.63) is 47.8 Å². The summed E-state index contributed by atoms with van der Waals surface area (Å²) in [6.45, 7) is 2.14. The second kappa shape index (κ2) is 7.05. The molecular formula is C14H9F4N5OS. The van der Waals surface area contributed by atoms with Crippen LogP contribution in [0.25, 0.3) is 5.69 Å². The lowest BCUT2D eigenvalue weighted by molar-refractivity contribution is 0.337. The van der Waals surface area contributed by atoms with Crippen molar-refractivity contribution in [1.29, 1.82) is 0 Å². The molecule has 0 radical (unpaired) electrons. The number of para-hydroxylation sites is 2. The third-order valence-electron chi connectivity index (χ3n) is 2.98. The third kappa shape index (κ3) is 3.27. The second-order valence-electron chi connectivity index (χ2n) is 4.53. The highest BCUT2D eigenvalue weighted by molar-refractivity contribution is 7.99. The maximum absolute atomic E-state index is 13.8. The van der Waals surface area contributed by atoms with E-state index in [4.69, 9.17) is 4.74 Å². The maximum Gasteiger partial charge on any atom is 0.252 e. The van der Waals surface area contributed by atoms with Crippen molar-refractivity contribution >= 4 is 11.8 Å². The molecular weight excluding hydrogens is 362 g/mol. The average Bonchev–Trinajstić information content (AvgIpc) is 3.06. The highest BCUT2D eigenvalue weighted by Gasteiger charge is 2.24. The first-order valence-electron chi connectivity index (χ1n) is 6.91. The molecule has 3 rings (SSSR count). The monoisotopic (exact) mass is 371 g/mol. The van der Waals surface area contributed by atoms with Gasteiger partial charge in [-0.3, -0.25) is 0 Å². The number of rotatable bonds is 5. The van der Waals surface area contributed by atoms with E-state index in [0.717, 1.165) is 4.68 Å². The fraction of sp³-hybridized carbons (Fsp3) is 0.143. The van der Waals surface area contributed by atoms with E-state index < -0.39 is 28.4 Å². The molecule has 0 aliphatic carbocycles. The predicted molar refractivity (Wildman–Crippen MR) is 78.5 cm³/mol. The molecule has 6 nitrogen and oxygen atoms in total. The quantitative estimate of drug-likeness (QED) is 0.507. The van der Waals surface area contributed by atoms with E-state index in [1.165, 1.54) is 0 Å². The van der Waals surface area contributed by atoms with Gasteiger partial charge in [-0.1, -0.05) is 12.1 Å². The van der Waals surface area contributed by atoms with Gasteiger partial charge in [0, 0.05) is 0 Å². The van der Waals surface area contributed by atoms with Gasteiger partial charge < -0.3 is 4.74 Å². The first kappa shape index (κ1) is 17.1. The molecule has 130 valence electrons. The number of halogens is 4.